The Morgan fingerprint density at radius 3 is 2.60 bits per heavy atom. The third kappa shape index (κ3) is 4.72. The second kappa shape index (κ2) is 9.15. The Kier molecular flexibility index (Phi) is 6.59. The quantitative estimate of drug-likeness (QED) is 0.532. The number of anilines is 2. The molecular formula is C21H30N6O3. The van der Waals surface area contributed by atoms with E-state index in [1.807, 2.05) is 29.8 Å². The first-order valence-corrected chi connectivity index (χ1v) is 10.3. The van der Waals surface area contributed by atoms with Crippen molar-refractivity contribution < 1.29 is 9.72 Å². The zero-order chi connectivity index (χ0) is 21.8. The van der Waals surface area contributed by atoms with Crippen LogP contribution in [0.5, 0.6) is 0 Å². The van der Waals surface area contributed by atoms with Gasteiger partial charge in [-0.3, -0.25) is 14.9 Å². The molecule has 9 nitrogen and oxygen atoms in total. The van der Waals surface area contributed by atoms with Crippen molar-refractivity contribution in [3.8, 4) is 0 Å². The molecule has 9 heteroatoms. The minimum Gasteiger partial charge on any atom is -0.383 e. The number of rotatable bonds is 7. The number of nitro benzene ring substituents is 1. The van der Waals surface area contributed by atoms with Crippen LogP contribution in [0.25, 0.3) is 0 Å². The Morgan fingerprint density at radius 2 is 2.03 bits per heavy atom. The maximum Gasteiger partial charge on any atom is 0.293 e. The van der Waals surface area contributed by atoms with Crippen molar-refractivity contribution in [2.75, 3.05) is 24.3 Å². The van der Waals surface area contributed by atoms with E-state index in [0.29, 0.717) is 29.4 Å². The number of hydrogen-bond donors (Lipinski definition) is 2. The molecule has 3 rings (SSSR count). The van der Waals surface area contributed by atoms with Crippen molar-refractivity contribution in [2.24, 2.45) is 13.0 Å². The molecule has 0 unspecified atom stereocenters. The van der Waals surface area contributed by atoms with Crippen LogP contribution in [0.4, 0.5) is 17.1 Å². The molecule has 0 atom stereocenters. The number of carbonyl (C=O) groups excluding carboxylic acids is 1. The highest BCUT2D eigenvalue weighted by Crippen LogP contribution is 2.34. The van der Waals surface area contributed by atoms with Gasteiger partial charge >= 0.3 is 0 Å². The molecule has 1 aliphatic carbocycles. The Labute approximate surface area is 176 Å². The zero-order valence-electron chi connectivity index (χ0n) is 18.0. The highest BCUT2D eigenvalue weighted by molar-refractivity contribution is 6.02. The Bertz CT molecular complexity index is 917. The number of nitrogens with zero attached hydrogens (tertiary/aromatic N) is 4. The van der Waals surface area contributed by atoms with Gasteiger partial charge in [-0.05, 0) is 37.7 Å². The molecule has 1 aromatic heterocycles. The van der Waals surface area contributed by atoms with E-state index in [1.54, 1.807) is 19.3 Å². The number of nitro groups is 1. The summed E-state index contributed by atoms with van der Waals surface area (Å²) in [6, 6.07) is 3.14. The van der Waals surface area contributed by atoms with E-state index in [0.717, 1.165) is 31.5 Å². The lowest BCUT2D eigenvalue weighted by molar-refractivity contribution is -0.383. The van der Waals surface area contributed by atoms with Crippen molar-refractivity contribution in [1.29, 1.82) is 0 Å². The average Bonchev–Trinajstić information content (AvgIpc) is 3.12. The van der Waals surface area contributed by atoms with Crippen molar-refractivity contribution in [3.63, 3.8) is 0 Å². The predicted octanol–water partition coefficient (Wildman–Crippen LogP) is 3.31. The van der Waals surface area contributed by atoms with Gasteiger partial charge in [0.15, 0.2) is 0 Å². The molecule has 1 heterocycles. The third-order valence-corrected chi connectivity index (χ3v) is 5.89. The number of carbonyl (C=O) groups is 1. The van der Waals surface area contributed by atoms with E-state index in [2.05, 4.69) is 22.5 Å². The molecule has 1 amide bonds. The van der Waals surface area contributed by atoms with Crippen molar-refractivity contribution in [3.05, 3.63) is 46.0 Å². The smallest absolute Gasteiger partial charge is 0.293 e. The lowest BCUT2D eigenvalue weighted by atomic mass is 9.87. The summed E-state index contributed by atoms with van der Waals surface area (Å²) >= 11 is 0. The number of aromatic nitrogens is 2. The maximum atomic E-state index is 13.2. The van der Waals surface area contributed by atoms with Gasteiger partial charge in [0.1, 0.15) is 11.5 Å². The number of aryl methyl sites for hydroxylation is 1. The molecule has 1 saturated carbocycles. The fraction of sp³-hybridized carbons (Fsp3) is 0.524. The van der Waals surface area contributed by atoms with E-state index < -0.39 is 4.92 Å². The number of benzene rings is 1. The van der Waals surface area contributed by atoms with Gasteiger partial charge in [-0.25, -0.2) is 4.98 Å². The van der Waals surface area contributed by atoms with Crippen LogP contribution in [0.15, 0.2) is 24.5 Å². The van der Waals surface area contributed by atoms with Crippen LogP contribution in [0.1, 0.15) is 48.8 Å². The normalized spacial score (nSPS) is 18.7. The zero-order valence-corrected chi connectivity index (χ0v) is 18.0. The Balaban J connectivity index is 1.93. The largest absolute Gasteiger partial charge is 0.383 e. The van der Waals surface area contributed by atoms with Crippen LogP contribution in [0.2, 0.25) is 0 Å². The number of amides is 1. The van der Waals surface area contributed by atoms with Crippen molar-refractivity contribution in [2.45, 2.75) is 45.2 Å². The molecule has 1 aliphatic rings. The first-order valence-electron chi connectivity index (χ1n) is 10.3. The van der Waals surface area contributed by atoms with Gasteiger partial charge in [-0.1, -0.05) is 6.92 Å². The van der Waals surface area contributed by atoms with Gasteiger partial charge in [0.25, 0.3) is 11.6 Å². The predicted molar refractivity (Wildman–Crippen MR) is 117 cm³/mol. The average molecular weight is 415 g/mol. The monoisotopic (exact) mass is 414 g/mol. The highest BCUT2D eigenvalue weighted by atomic mass is 16.6. The minimum absolute atomic E-state index is 0.101. The van der Waals surface area contributed by atoms with E-state index in [4.69, 9.17) is 0 Å². The summed E-state index contributed by atoms with van der Waals surface area (Å²) < 4.78 is 1.91. The summed E-state index contributed by atoms with van der Waals surface area (Å²) in [5.74, 6) is 1.23. The summed E-state index contributed by atoms with van der Waals surface area (Å²) in [6.45, 7) is 2.69. The number of hydrogen-bond acceptors (Lipinski definition) is 6. The lowest BCUT2D eigenvalue weighted by Gasteiger charge is -2.28. The van der Waals surface area contributed by atoms with Gasteiger partial charge in [-0.15, -0.1) is 0 Å². The molecule has 0 saturated heterocycles. The standard InChI is InChI=1S/C21H30N6O3/c1-14-5-7-15(8-6-14)24-21(28)16-11-19(27(29)30)17(22-2)12-18(16)26(4)13-20-23-9-10-25(20)3/h9-12,14-15,22H,5-8,13H2,1-4H3,(H,24,28). The molecule has 2 N–H and O–H groups in total. The van der Waals surface area contributed by atoms with Crippen LogP contribution >= 0.6 is 0 Å². The molecular weight excluding hydrogens is 384 g/mol. The van der Waals surface area contributed by atoms with Crippen LogP contribution in [-0.4, -0.2) is 40.5 Å². The highest BCUT2D eigenvalue weighted by Gasteiger charge is 2.26. The second-order valence-electron chi connectivity index (χ2n) is 8.13. The van der Waals surface area contributed by atoms with E-state index in [9.17, 15) is 14.9 Å². The summed E-state index contributed by atoms with van der Waals surface area (Å²) in [4.78, 5) is 30.5. The van der Waals surface area contributed by atoms with Crippen molar-refractivity contribution in [1.82, 2.24) is 14.9 Å². The molecule has 0 radical (unpaired) electrons. The van der Waals surface area contributed by atoms with Gasteiger partial charge < -0.3 is 20.1 Å². The van der Waals surface area contributed by atoms with Crippen LogP contribution in [0, 0.1) is 16.0 Å². The molecule has 0 bridgehead atoms. The SMILES string of the molecule is CNc1cc(N(C)Cc2nccn2C)c(C(=O)NC2CCC(C)CC2)cc1[N+](=O)[O-]. The topological polar surface area (TPSA) is 105 Å². The minimum atomic E-state index is -0.465. The second-order valence-corrected chi connectivity index (χ2v) is 8.13. The molecule has 0 aliphatic heterocycles. The van der Waals surface area contributed by atoms with Crippen molar-refractivity contribution >= 4 is 23.0 Å². The fourth-order valence-corrected chi connectivity index (χ4v) is 3.94. The molecule has 162 valence electrons. The summed E-state index contributed by atoms with van der Waals surface area (Å²) in [5, 5.41) is 17.5. The Morgan fingerprint density at radius 1 is 1.33 bits per heavy atom. The van der Waals surface area contributed by atoms with E-state index >= 15 is 0 Å². The first kappa shape index (κ1) is 21.6. The maximum absolute atomic E-state index is 13.2. The van der Waals surface area contributed by atoms with E-state index in [1.165, 1.54) is 6.07 Å². The van der Waals surface area contributed by atoms with Gasteiger partial charge in [0.05, 0.1) is 22.7 Å². The van der Waals surface area contributed by atoms with Crippen LogP contribution in [-0.2, 0) is 13.6 Å². The number of nitrogens with one attached hydrogen (secondary N) is 2. The fourth-order valence-electron chi connectivity index (χ4n) is 3.94. The summed E-state index contributed by atoms with van der Waals surface area (Å²) in [6.07, 6.45) is 7.60. The number of imidazole rings is 1. The van der Waals surface area contributed by atoms with Crippen LogP contribution in [0.3, 0.4) is 0 Å². The first-order chi connectivity index (χ1) is 14.3. The lowest BCUT2D eigenvalue weighted by Crippen LogP contribution is -2.38. The van der Waals surface area contributed by atoms with Crippen LogP contribution < -0.4 is 15.5 Å². The Hall–Kier alpha value is -3.10. The van der Waals surface area contributed by atoms with Gasteiger partial charge in [0.2, 0.25) is 0 Å². The molecule has 30 heavy (non-hydrogen) atoms. The molecule has 1 fully saturated rings. The molecule has 2 aromatic rings. The molecule has 1 aromatic carbocycles. The van der Waals surface area contributed by atoms with Gasteiger partial charge in [-0.2, -0.15) is 0 Å². The summed E-state index contributed by atoms with van der Waals surface area (Å²) in [5.41, 5.74) is 1.17. The van der Waals surface area contributed by atoms with E-state index in [-0.39, 0.29) is 17.6 Å². The van der Waals surface area contributed by atoms with Gasteiger partial charge in [0, 0.05) is 45.6 Å². The summed E-state index contributed by atoms with van der Waals surface area (Å²) in [7, 11) is 5.39. The third-order valence-electron chi connectivity index (χ3n) is 5.89. The molecule has 0 spiro atoms.